The van der Waals surface area contributed by atoms with Crippen molar-refractivity contribution >= 4 is 55.6 Å². The van der Waals surface area contributed by atoms with Crippen LogP contribution in [0.2, 0.25) is 0 Å². The molecule has 2 aromatic rings. The molecular weight excluding hydrogens is 529 g/mol. The summed E-state index contributed by atoms with van der Waals surface area (Å²) >= 11 is 9.87. The maximum Gasteiger partial charge on any atom is 0.436 e. The van der Waals surface area contributed by atoms with E-state index < -0.39 is 11.9 Å². The maximum absolute atomic E-state index is 13.0. The average Bonchev–Trinajstić information content (AvgIpc) is 3.23. The number of anilines is 1. The average molecular weight is 553 g/mol. The first-order valence-electron chi connectivity index (χ1n) is 10.3. The molecule has 12 heteroatoms. The first-order chi connectivity index (χ1) is 15.1. The molecule has 0 aromatic carbocycles. The number of alkyl halides is 3. The van der Waals surface area contributed by atoms with Crippen LogP contribution >= 0.6 is 39.5 Å². The molecule has 0 amide bonds. The molecule has 0 aliphatic heterocycles. The molecule has 0 saturated carbocycles. The Morgan fingerprint density at radius 1 is 1.34 bits per heavy atom. The predicted molar refractivity (Wildman–Crippen MR) is 125 cm³/mol. The smallest absolute Gasteiger partial charge is 0.436 e. The van der Waals surface area contributed by atoms with Crippen LogP contribution in [0.25, 0.3) is 0 Å². The fraction of sp³-hybridized carbons (Fsp3) is 0.550. The number of carbonyl (C=O) groups excluding carboxylic acids is 1. The highest BCUT2D eigenvalue weighted by molar-refractivity contribution is 9.10. The second-order valence-corrected chi connectivity index (χ2v) is 9.65. The molecule has 0 radical (unpaired) electrons. The number of hydrogen-bond donors (Lipinski definition) is 2. The molecule has 0 atom stereocenters. The van der Waals surface area contributed by atoms with Gasteiger partial charge in [0.15, 0.2) is 10.8 Å². The van der Waals surface area contributed by atoms with Gasteiger partial charge in [-0.2, -0.15) is 18.3 Å². The summed E-state index contributed by atoms with van der Waals surface area (Å²) in [6.45, 7) is 4.39. The Hall–Kier alpha value is -1.66. The van der Waals surface area contributed by atoms with Gasteiger partial charge in [0.05, 0.1) is 22.3 Å². The van der Waals surface area contributed by atoms with Crippen LogP contribution < -0.4 is 10.6 Å². The Morgan fingerprint density at radius 2 is 2.06 bits per heavy atom. The summed E-state index contributed by atoms with van der Waals surface area (Å²) in [6.07, 6.45) is -0.0729. The minimum atomic E-state index is -4.50. The van der Waals surface area contributed by atoms with Crippen LogP contribution in [0.3, 0.4) is 0 Å². The Morgan fingerprint density at radius 3 is 2.72 bits per heavy atom. The zero-order chi connectivity index (χ0) is 23.5. The second-order valence-electron chi connectivity index (χ2n) is 7.34. The van der Waals surface area contributed by atoms with Gasteiger partial charge >= 0.3 is 12.1 Å². The van der Waals surface area contributed by atoms with Gasteiger partial charge in [-0.25, -0.2) is 4.79 Å². The molecule has 176 valence electrons. The molecular formula is C20H24BrF3N4O2S2. The zero-order valence-electron chi connectivity index (χ0n) is 17.7. The van der Waals surface area contributed by atoms with E-state index in [0.29, 0.717) is 47.5 Å². The lowest BCUT2D eigenvalue weighted by Gasteiger charge is -2.13. The molecule has 1 aliphatic rings. The van der Waals surface area contributed by atoms with Gasteiger partial charge in [0.1, 0.15) is 5.00 Å². The topological polar surface area (TPSA) is 68.2 Å². The van der Waals surface area contributed by atoms with Crippen LogP contribution in [0.1, 0.15) is 58.4 Å². The van der Waals surface area contributed by atoms with Gasteiger partial charge < -0.3 is 15.4 Å². The molecule has 2 N–H and O–H groups in total. The van der Waals surface area contributed by atoms with Gasteiger partial charge in [-0.1, -0.05) is 0 Å². The van der Waals surface area contributed by atoms with Crippen molar-refractivity contribution in [1.82, 2.24) is 15.1 Å². The number of ether oxygens (including phenoxy) is 1. The molecule has 0 bridgehead atoms. The standard InChI is InChI=1S/C20H24BrF3N4O2S2/c1-3-30-18(29)14-12-7-4-5-8-13(12)32-17(14)26-19(31)25-9-6-10-28-11(2)15(21)16(27-28)20(22,23)24/h3-10H2,1-2H3,(H2,25,26,31). The number of thiophene rings is 1. The lowest BCUT2D eigenvalue weighted by molar-refractivity contribution is -0.142. The molecule has 0 unspecified atom stereocenters. The SMILES string of the molecule is CCOC(=O)c1c(NC(=S)NCCCn2nc(C(F)(F)F)c(Br)c2C)sc2c1CCCC2. The second kappa shape index (κ2) is 10.5. The summed E-state index contributed by atoms with van der Waals surface area (Å²) in [6, 6.07) is 0. The maximum atomic E-state index is 13.0. The molecule has 2 aromatic heterocycles. The number of carbonyl (C=O) groups is 1. The number of halogens is 4. The van der Waals surface area contributed by atoms with E-state index in [1.807, 2.05) is 0 Å². The van der Waals surface area contributed by atoms with Gasteiger partial charge in [-0.3, -0.25) is 4.68 Å². The van der Waals surface area contributed by atoms with E-state index in [1.54, 1.807) is 13.8 Å². The first kappa shape index (κ1) is 25.0. The van der Waals surface area contributed by atoms with E-state index in [1.165, 1.54) is 20.9 Å². The molecule has 2 heterocycles. The highest BCUT2D eigenvalue weighted by Gasteiger charge is 2.37. The van der Waals surface area contributed by atoms with E-state index in [9.17, 15) is 18.0 Å². The fourth-order valence-corrected chi connectivity index (χ4v) is 5.63. The van der Waals surface area contributed by atoms with Crippen molar-refractivity contribution in [2.75, 3.05) is 18.5 Å². The Labute approximate surface area is 202 Å². The lowest BCUT2D eigenvalue weighted by Crippen LogP contribution is -2.30. The third kappa shape index (κ3) is 5.63. The molecule has 32 heavy (non-hydrogen) atoms. The van der Waals surface area contributed by atoms with Crippen molar-refractivity contribution < 1.29 is 22.7 Å². The summed E-state index contributed by atoms with van der Waals surface area (Å²) < 4.78 is 45.5. The summed E-state index contributed by atoms with van der Waals surface area (Å²) in [5.41, 5.74) is 1.10. The number of aryl methyl sites for hydroxylation is 2. The largest absolute Gasteiger partial charge is 0.462 e. The Bertz CT molecular complexity index is 1000. The quantitative estimate of drug-likeness (QED) is 0.270. The van der Waals surface area contributed by atoms with E-state index in [0.717, 1.165) is 31.2 Å². The van der Waals surface area contributed by atoms with Gasteiger partial charge in [-0.05, 0) is 79.7 Å². The first-order valence-corrected chi connectivity index (χ1v) is 12.3. The van der Waals surface area contributed by atoms with Gasteiger partial charge in [0.25, 0.3) is 0 Å². The number of rotatable bonds is 7. The number of thiocarbonyl (C=S) groups is 1. The number of nitrogens with one attached hydrogen (secondary N) is 2. The normalized spacial score (nSPS) is 13.6. The summed E-state index contributed by atoms with van der Waals surface area (Å²) in [5, 5.41) is 10.9. The van der Waals surface area contributed by atoms with Gasteiger partial charge in [0, 0.05) is 18.0 Å². The molecule has 0 spiro atoms. The molecule has 1 aliphatic carbocycles. The predicted octanol–water partition coefficient (Wildman–Crippen LogP) is 5.47. The van der Waals surface area contributed by atoms with E-state index in [-0.39, 0.29) is 10.4 Å². The highest BCUT2D eigenvalue weighted by Crippen LogP contribution is 2.38. The molecule has 0 saturated heterocycles. The minimum absolute atomic E-state index is 0.0386. The van der Waals surface area contributed by atoms with Crippen molar-refractivity contribution in [1.29, 1.82) is 0 Å². The highest BCUT2D eigenvalue weighted by atomic mass is 79.9. The Kier molecular flexibility index (Phi) is 8.21. The van der Waals surface area contributed by atoms with Gasteiger partial charge in [-0.15, -0.1) is 11.3 Å². The number of nitrogens with zero attached hydrogens (tertiary/aromatic N) is 2. The number of aromatic nitrogens is 2. The van der Waals surface area contributed by atoms with Crippen LogP contribution in [0, 0.1) is 6.92 Å². The summed E-state index contributed by atoms with van der Waals surface area (Å²) in [4.78, 5) is 13.7. The van der Waals surface area contributed by atoms with Gasteiger partial charge in [0.2, 0.25) is 0 Å². The number of hydrogen-bond acceptors (Lipinski definition) is 5. The summed E-state index contributed by atoms with van der Waals surface area (Å²) in [7, 11) is 0. The minimum Gasteiger partial charge on any atom is -0.462 e. The molecule has 6 nitrogen and oxygen atoms in total. The molecule has 0 fully saturated rings. The third-order valence-corrected chi connectivity index (χ3v) is 7.52. The van der Waals surface area contributed by atoms with Crippen molar-refractivity contribution in [3.63, 3.8) is 0 Å². The van der Waals surface area contributed by atoms with Crippen molar-refractivity contribution in [2.45, 2.75) is 58.7 Å². The third-order valence-electron chi connectivity index (χ3n) is 5.11. The van der Waals surface area contributed by atoms with E-state index >= 15 is 0 Å². The summed E-state index contributed by atoms with van der Waals surface area (Å²) in [5.74, 6) is -0.350. The van der Waals surface area contributed by atoms with Crippen LogP contribution in [0.4, 0.5) is 18.2 Å². The van der Waals surface area contributed by atoms with E-state index in [4.69, 9.17) is 17.0 Å². The lowest BCUT2D eigenvalue weighted by atomic mass is 9.95. The zero-order valence-corrected chi connectivity index (χ0v) is 20.9. The monoisotopic (exact) mass is 552 g/mol. The molecule has 3 rings (SSSR count). The van der Waals surface area contributed by atoms with Crippen LogP contribution in [-0.2, 0) is 30.3 Å². The van der Waals surface area contributed by atoms with Crippen LogP contribution in [0.15, 0.2) is 4.47 Å². The van der Waals surface area contributed by atoms with Crippen molar-refractivity contribution in [3.05, 3.63) is 31.9 Å². The van der Waals surface area contributed by atoms with Crippen LogP contribution in [0.5, 0.6) is 0 Å². The van der Waals surface area contributed by atoms with Crippen molar-refractivity contribution in [3.8, 4) is 0 Å². The number of esters is 1. The van der Waals surface area contributed by atoms with Crippen molar-refractivity contribution in [2.24, 2.45) is 0 Å². The Balaban J connectivity index is 1.58. The fourth-order valence-electron chi connectivity index (χ4n) is 3.57. The number of fused-ring (bicyclic) bond motifs is 1. The van der Waals surface area contributed by atoms with Crippen LogP contribution in [-0.4, -0.2) is 34.0 Å². The van der Waals surface area contributed by atoms with E-state index in [2.05, 4.69) is 31.7 Å².